The molecule has 0 radical (unpaired) electrons. The van der Waals surface area contributed by atoms with Crippen LogP contribution in [0, 0.1) is 19.8 Å². The maximum absolute atomic E-state index is 3.65. The molecule has 0 aliphatic carbocycles. The molecule has 0 aromatic heterocycles. The van der Waals surface area contributed by atoms with E-state index in [0.29, 0.717) is 12.1 Å². The van der Waals surface area contributed by atoms with Gasteiger partial charge < -0.3 is 10.2 Å². The van der Waals surface area contributed by atoms with Crippen LogP contribution in [0.25, 0.3) is 0 Å². The SMILES string of the molecule is CCNC(CN(C)C(C)CC(C)C)c1cc(C)cc(C)c1. The van der Waals surface area contributed by atoms with Crippen LogP contribution in [-0.2, 0) is 0 Å². The van der Waals surface area contributed by atoms with Crippen molar-refractivity contribution in [1.82, 2.24) is 10.2 Å². The molecule has 2 nitrogen and oxygen atoms in total. The van der Waals surface area contributed by atoms with Gasteiger partial charge in [-0.25, -0.2) is 0 Å². The van der Waals surface area contributed by atoms with Gasteiger partial charge in [-0.1, -0.05) is 50.1 Å². The number of nitrogens with one attached hydrogen (secondary N) is 1. The fraction of sp³-hybridized carbons (Fsp3) is 0.684. The molecular formula is C19H34N2. The lowest BCUT2D eigenvalue weighted by molar-refractivity contribution is 0.206. The predicted octanol–water partition coefficient (Wildman–Crippen LogP) is 4.32. The molecule has 0 aliphatic rings. The van der Waals surface area contributed by atoms with Crippen molar-refractivity contribution in [2.24, 2.45) is 5.92 Å². The van der Waals surface area contributed by atoms with Crippen molar-refractivity contribution in [1.29, 1.82) is 0 Å². The molecule has 0 saturated heterocycles. The minimum absolute atomic E-state index is 0.410. The van der Waals surface area contributed by atoms with Gasteiger partial charge in [0.05, 0.1) is 0 Å². The molecule has 0 spiro atoms. The zero-order chi connectivity index (χ0) is 16.0. The Hall–Kier alpha value is -0.860. The molecule has 2 heteroatoms. The maximum atomic E-state index is 3.65. The molecule has 120 valence electrons. The summed E-state index contributed by atoms with van der Waals surface area (Å²) in [5.74, 6) is 0.751. The Kier molecular flexibility index (Phi) is 7.41. The third kappa shape index (κ3) is 6.19. The van der Waals surface area contributed by atoms with Crippen LogP contribution < -0.4 is 5.32 Å². The first kappa shape index (κ1) is 18.2. The highest BCUT2D eigenvalue weighted by atomic mass is 15.1. The van der Waals surface area contributed by atoms with Crippen LogP contribution in [0.15, 0.2) is 18.2 Å². The van der Waals surface area contributed by atoms with Gasteiger partial charge in [0.15, 0.2) is 0 Å². The highest BCUT2D eigenvalue weighted by Gasteiger charge is 2.17. The molecule has 1 aromatic carbocycles. The first-order chi connectivity index (χ1) is 9.83. The molecule has 0 bridgehead atoms. The average Bonchev–Trinajstić information content (AvgIpc) is 2.36. The first-order valence-electron chi connectivity index (χ1n) is 8.35. The fourth-order valence-corrected chi connectivity index (χ4v) is 3.08. The van der Waals surface area contributed by atoms with Crippen LogP contribution in [0.1, 0.15) is 56.8 Å². The lowest BCUT2D eigenvalue weighted by Gasteiger charge is -2.31. The van der Waals surface area contributed by atoms with E-state index in [4.69, 9.17) is 0 Å². The normalized spacial score (nSPS) is 14.7. The Morgan fingerprint density at radius 3 is 2.10 bits per heavy atom. The Balaban J connectivity index is 2.81. The molecule has 1 rings (SSSR count). The second kappa shape index (κ2) is 8.55. The Morgan fingerprint density at radius 1 is 1.05 bits per heavy atom. The second-order valence-corrected chi connectivity index (χ2v) is 6.95. The summed E-state index contributed by atoms with van der Waals surface area (Å²) in [5, 5.41) is 3.65. The fourth-order valence-electron chi connectivity index (χ4n) is 3.08. The van der Waals surface area contributed by atoms with Crippen molar-refractivity contribution < 1.29 is 0 Å². The standard InChI is InChI=1S/C19H34N2/c1-8-20-19(13-21(7)17(6)9-14(2)3)18-11-15(4)10-16(5)12-18/h10-12,14,17,19-20H,8-9,13H2,1-7H3. The lowest BCUT2D eigenvalue weighted by atomic mass is 9.99. The third-order valence-electron chi connectivity index (χ3n) is 4.13. The van der Waals surface area contributed by atoms with Crippen LogP contribution in [0.4, 0.5) is 0 Å². The molecule has 2 atom stereocenters. The summed E-state index contributed by atoms with van der Waals surface area (Å²) in [5.41, 5.74) is 4.12. The summed E-state index contributed by atoms with van der Waals surface area (Å²) in [6, 6.07) is 7.92. The molecule has 0 amide bonds. The summed E-state index contributed by atoms with van der Waals surface area (Å²) in [4.78, 5) is 2.49. The summed E-state index contributed by atoms with van der Waals surface area (Å²) in [7, 11) is 2.25. The lowest BCUT2D eigenvalue weighted by Crippen LogP contribution is -2.38. The van der Waals surface area contributed by atoms with E-state index in [2.05, 4.69) is 77.0 Å². The van der Waals surface area contributed by atoms with Crippen molar-refractivity contribution in [3.05, 3.63) is 34.9 Å². The molecule has 1 aromatic rings. The van der Waals surface area contributed by atoms with E-state index in [0.717, 1.165) is 19.0 Å². The quantitative estimate of drug-likeness (QED) is 0.767. The number of rotatable bonds is 8. The molecule has 1 N–H and O–H groups in total. The van der Waals surface area contributed by atoms with E-state index in [1.54, 1.807) is 0 Å². The van der Waals surface area contributed by atoms with E-state index in [-0.39, 0.29) is 0 Å². The Morgan fingerprint density at radius 2 is 1.62 bits per heavy atom. The van der Waals surface area contributed by atoms with E-state index < -0.39 is 0 Å². The van der Waals surface area contributed by atoms with Crippen LogP contribution in [0.5, 0.6) is 0 Å². The van der Waals surface area contributed by atoms with Crippen LogP contribution in [-0.4, -0.2) is 31.1 Å². The smallest absolute Gasteiger partial charge is 0.0449 e. The molecular weight excluding hydrogens is 256 g/mol. The zero-order valence-corrected chi connectivity index (χ0v) is 15.0. The van der Waals surface area contributed by atoms with Gasteiger partial charge in [0.1, 0.15) is 0 Å². The molecule has 0 heterocycles. The molecule has 0 fully saturated rings. The summed E-state index contributed by atoms with van der Waals surface area (Å²) in [6.45, 7) is 15.6. The maximum Gasteiger partial charge on any atom is 0.0449 e. The van der Waals surface area contributed by atoms with Gasteiger partial charge in [-0.3, -0.25) is 0 Å². The van der Waals surface area contributed by atoms with Crippen molar-refractivity contribution >= 4 is 0 Å². The molecule has 21 heavy (non-hydrogen) atoms. The topological polar surface area (TPSA) is 15.3 Å². The van der Waals surface area contributed by atoms with E-state index in [1.165, 1.54) is 23.1 Å². The average molecular weight is 290 g/mol. The first-order valence-corrected chi connectivity index (χ1v) is 8.35. The van der Waals surface area contributed by atoms with Gasteiger partial charge in [-0.05, 0) is 52.3 Å². The van der Waals surface area contributed by atoms with Crippen LogP contribution in [0.2, 0.25) is 0 Å². The van der Waals surface area contributed by atoms with Gasteiger partial charge in [0.25, 0.3) is 0 Å². The monoisotopic (exact) mass is 290 g/mol. The van der Waals surface area contributed by atoms with Gasteiger partial charge in [-0.2, -0.15) is 0 Å². The summed E-state index contributed by atoms with van der Waals surface area (Å²) in [6.07, 6.45) is 1.25. The van der Waals surface area contributed by atoms with Crippen molar-refractivity contribution in [2.45, 2.75) is 60.0 Å². The number of hydrogen-bond acceptors (Lipinski definition) is 2. The van der Waals surface area contributed by atoms with Gasteiger partial charge in [0.2, 0.25) is 0 Å². The predicted molar refractivity (Wildman–Crippen MR) is 93.9 cm³/mol. The number of hydrogen-bond donors (Lipinski definition) is 1. The number of nitrogens with zero attached hydrogens (tertiary/aromatic N) is 1. The molecule has 0 saturated carbocycles. The number of benzene rings is 1. The molecule has 0 aliphatic heterocycles. The zero-order valence-electron chi connectivity index (χ0n) is 15.0. The Labute approximate surface area is 131 Å². The number of aryl methyl sites for hydroxylation is 2. The second-order valence-electron chi connectivity index (χ2n) is 6.95. The highest BCUT2D eigenvalue weighted by Crippen LogP contribution is 2.20. The van der Waals surface area contributed by atoms with E-state index >= 15 is 0 Å². The molecule has 2 unspecified atom stereocenters. The summed E-state index contributed by atoms with van der Waals surface area (Å²) >= 11 is 0. The van der Waals surface area contributed by atoms with Gasteiger partial charge in [0, 0.05) is 18.6 Å². The van der Waals surface area contributed by atoms with Gasteiger partial charge in [-0.15, -0.1) is 0 Å². The van der Waals surface area contributed by atoms with Crippen molar-refractivity contribution in [3.8, 4) is 0 Å². The highest BCUT2D eigenvalue weighted by molar-refractivity contribution is 5.31. The summed E-state index contributed by atoms with van der Waals surface area (Å²) < 4.78 is 0. The minimum Gasteiger partial charge on any atom is -0.309 e. The number of likely N-dealkylation sites (N-methyl/N-ethyl adjacent to an activating group) is 2. The van der Waals surface area contributed by atoms with Crippen LogP contribution in [0.3, 0.4) is 0 Å². The third-order valence-corrected chi connectivity index (χ3v) is 4.13. The van der Waals surface area contributed by atoms with Crippen LogP contribution >= 0.6 is 0 Å². The van der Waals surface area contributed by atoms with Crippen molar-refractivity contribution in [3.63, 3.8) is 0 Å². The van der Waals surface area contributed by atoms with Crippen molar-refractivity contribution in [2.75, 3.05) is 20.1 Å². The largest absolute Gasteiger partial charge is 0.309 e. The Bertz CT molecular complexity index is 405. The van der Waals surface area contributed by atoms with Gasteiger partial charge >= 0.3 is 0 Å². The minimum atomic E-state index is 0.410. The van der Waals surface area contributed by atoms with E-state index in [1.807, 2.05) is 0 Å². The van der Waals surface area contributed by atoms with E-state index in [9.17, 15) is 0 Å².